The number of amides is 2. The summed E-state index contributed by atoms with van der Waals surface area (Å²) in [6.45, 7) is 8.63. The zero-order valence-electron chi connectivity index (χ0n) is 17.9. The molecule has 0 N–H and O–H groups in total. The van der Waals surface area contributed by atoms with E-state index in [1.807, 2.05) is 4.90 Å². The van der Waals surface area contributed by atoms with Crippen LogP contribution < -0.4 is 4.90 Å². The molecule has 2 aliphatic heterocycles. The second-order valence-electron chi connectivity index (χ2n) is 9.06. The Bertz CT molecular complexity index is 751. The van der Waals surface area contributed by atoms with E-state index in [0.717, 1.165) is 63.5 Å². The van der Waals surface area contributed by atoms with Crippen LogP contribution in [-0.4, -0.2) is 65.9 Å². The van der Waals surface area contributed by atoms with Gasteiger partial charge in [0.2, 0.25) is 11.8 Å². The second kappa shape index (κ2) is 8.72. The summed E-state index contributed by atoms with van der Waals surface area (Å²) in [5, 5.41) is 0. The van der Waals surface area contributed by atoms with Gasteiger partial charge in [-0.1, -0.05) is 12.8 Å². The highest BCUT2D eigenvalue weighted by Crippen LogP contribution is 2.32. The van der Waals surface area contributed by atoms with Crippen LogP contribution in [0, 0.1) is 12.8 Å². The van der Waals surface area contributed by atoms with Gasteiger partial charge >= 0.3 is 0 Å². The molecule has 3 fully saturated rings. The van der Waals surface area contributed by atoms with Gasteiger partial charge in [0.05, 0.1) is 0 Å². The van der Waals surface area contributed by atoms with Crippen molar-refractivity contribution in [1.82, 2.24) is 14.8 Å². The Morgan fingerprint density at radius 3 is 2.41 bits per heavy atom. The van der Waals surface area contributed by atoms with Gasteiger partial charge < -0.3 is 14.7 Å². The standard InChI is InChI=1S/C23H34N4O2/c1-17-13-21(26-11-9-25(10-12-26)18(2)28)15-22(24-17)20-7-8-27(16-20)23(29)14-19-5-3-4-6-19/h13,15,19-20H,3-12,14,16H2,1-2H3. The third-order valence-electron chi connectivity index (χ3n) is 6.95. The summed E-state index contributed by atoms with van der Waals surface area (Å²) < 4.78 is 0. The third kappa shape index (κ3) is 4.73. The Balaban J connectivity index is 1.39. The first kappa shape index (κ1) is 20.2. The Morgan fingerprint density at radius 2 is 1.72 bits per heavy atom. The van der Waals surface area contributed by atoms with Crippen molar-refractivity contribution in [2.24, 2.45) is 5.92 Å². The van der Waals surface area contributed by atoms with Crippen LogP contribution in [0.4, 0.5) is 5.69 Å². The first-order valence-electron chi connectivity index (χ1n) is 11.3. The van der Waals surface area contributed by atoms with Crippen LogP contribution >= 0.6 is 0 Å². The molecule has 2 amide bonds. The lowest BCUT2D eigenvalue weighted by Crippen LogP contribution is -2.48. The van der Waals surface area contributed by atoms with Crippen LogP contribution in [0.25, 0.3) is 0 Å². The lowest BCUT2D eigenvalue weighted by Gasteiger charge is -2.36. The molecular formula is C23H34N4O2. The van der Waals surface area contributed by atoms with Crippen molar-refractivity contribution >= 4 is 17.5 Å². The fourth-order valence-corrected chi connectivity index (χ4v) is 5.17. The van der Waals surface area contributed by atoms with E-state index in [4.69, 9.17) is 4.98 Å². The van der Waals surface area contributed by atoms with Crippen molar-refractivity contribution in [1.29, 1.82) is 0 Å². The van der Waals surface area contributed by atoms with Crippen LogP contribution in [0.5, 0.6) is 0 Å². The highest BCUT2D eigenvalue weighted by Gasteiger charge is 2.30. The number of nitrogens with zero attached hydrogens (tertiary/aromatic N) is 4. The van der Waals surface area contributed by atoms with Crippen molar-refractivity contribution in [3.05, 3.63) is 23.5 Å². The smallest absolute Gasteiger partial charge is 0.222 e. The number of rotatable bonds is 4. The molecule has 0 bridgehead atoms. The van der Waals surface area contributed by atoms with Crippen molar-refractivity contribution in [3.8, 4) is 0 Å². The minimum atomic E-state index is 0.157. The van der Waals surface area contributed by atoms with Gasteiger partial charge in [-0.15, -0.1) is 0 Å². The van der Waals surface area contributed by atoms with Gasteiger partial charge in [-0.05, 0) is 44.2 Å². The number of pyridine rings is 1. The number of aromatic nitrogens is 1. The Kier molecular flexibility index (Phi) is 6.07. The monoisotopic (exact) mass is 398 g/mol. The van der Waals surface area contributed by atoms with Crippen LogP contribution in [-0.2, 0) is 9.59 Å². The van der Waals surface area contributed by atoms with Crippen molar-refractivity contribution in [2.45, 2.75) is 58.3 Å². The molecule has 1 aromatic rings. The molecule has 158 valence electrons. The lowest BCUT2D eigenvalue weighted by molar-refractivity contribution is -0.131. The summed E-state index contributed by atoms with van der Waals surface area (Å²) in [7, 11) is 0. The molecule has 0 radical (unpaired) electrons. The van der Waals surface area contributed by atoms with Gasteiger partial charge in [0.1, 0.15) is 0 Å². The largest absolute Gasteiger partial charge is 0.368 e. The molecule has 1 aromatic heterocycles. The molecule has 2 saturated heterocycles. The van der Waals surface area contributed by atoms with Crippen molar-refractivity contribution in [3.63, 3.8) is 0 Å². The lowest BCUT2D eigenvalue weighted by atomic mass is 10.0. The van der Waals surface area contributed by atoms with Crippen LogP contribution in [0.3, 0.4) is 0 Å². The van der Waals surface area contributed by atoms with Crippen molar-refractivity contribution in [2.75, 3.05) is 44.2 Å². The van der Waals surface area contributed by atoms with Gasteiger partial charge in [-0.25, -0.2) is 0 Å². The molecule has 6 nitrogen and oxygen atoms in total. The summed E-state index contributed by atoms with van der Waals surface area (Å²) in [5.41, 5.74) is 3.35. The SMILES string of the molecule is CC(=O)N1CCN(c2cc(C)nc(C3CCN(C(=O)CC4CCCC4)C3)c2)CC1. The first-order chi connectivity index (χ1) is 14.0. The topological polar surface area (TPSA) is 56.8 Å². The van der Waals surface area contributed by atoms with E-state index >= 15 is 0 Å². The van der Waals surface area contributed by atoms with Gasteiger partial charge in [-0.2, -0.15) is 0 Å². The van der Waals surface area contributed by atoms with E-state index in [9.17, 15) is 9.59 Å². The number of aryl methyl sites for hydroxylation is 1. The van der Waals surface area contributed by atoms with Crippen LogP contribution in [0.2, 0.25) is 0 Å². The fraction of sp³-hybridized carbons (Fsp3) is 0.696. The molecule has 4 rings (SSSR count). The highest BCUT2D eigenvalue weighted by molar-refractivity contribution is 5.77. The molecule has 3 aliphatic rings. The third-order valence-corrected chi connectivity index (χ3v) is 6.95. The highest BCUT2D eigenvalue weighted by atomic mass is 16.2. The predicted octanol–water partition coefficient (Wildman–Crippen LogP) is 2.95. The van der Waals surface area contributed by atoms with E-state index in [1.54, 1.807) is 6.92 Å². The molecule has 1 atom stereocenters. The molecule has 3 heterocycles. The Hall–Kier alpha value is -2.11. The van der Waals surface area contributed by atoms with Gasteiger partial charge in [0, 0.05) is 75.6 Å². The van der Waals surface area contributed by atoms with E-state index in [0.29, 0.717) is 17.7 Å². The number of hydrogen-bond acceptors (Lipinski definition) is 4. The predicted molar refractivity (Wildman–Crippen MR) is 114 cm³/mol. The second-order valence-corrected chi connectivity index (χ2v) is 9.06. The van der Waals surface area contributed by atoms with Crippen LogP contribution in [0.1, 0.15) is 62.8 Å². The number of carbonyl (C=O) groups is 2. The first-order valence-corrected chi connectivity index (χ1v) is 11.3. The summed E-state index contributed by atoms with van der Waals surface area (Å²) >= 11 is 0. The summed E-state index contributed by atoms with van der Waals surface area (Å²) in [4.78, 5) is 35.5. The van der Waals surface area contributed by atoms with Gasteiger partial charge in [0.15, 0.2) is 0 Å². The molecular weight excluding hydrogens is 364 g/mol. The van der Waals surface area contributed by atoms with E-state index in [1.165, 1.54) is 31.4 Å². The molecule has 29 heavy (non-hydrogen) atoms. The van der Waals surface area contributed by atoms with Gasteiger partial charge in [0.25, 0.3) is 0 Å². The Labute approximate surface area is 174 Å². The molecule has 0 spiro atoms. The fourth-order valence-electron chi connectivity index (χ4n) is 5.17. The molecule has 1 saturated carbocycles. The number of anilines is 1. The summed E-state index contributed by atoms with van der Waals surface area (Å²) in [6, 6.07) is 4.36. The minimum Gasteiger partial charge on any atom is -0.368 e. The zero-order valence-corrected chi connectivity index (χ0v) is 17.9. The van der Waals surface area contributed by atoms with Crippen molar-refractivity contribution < 1.29 is 9.59 Å². The number of carbonyl (C=O) groups excluding carboxylic acids is 2. The van der Waals surface area contributed by atoms with E-state index in [2.05, 4.69) is 28.9 Å². The minimum absolute atomic E-state index is 0.157. The average molecular weight is 399 g/mol. The number of likely N-dealkylation sites (tertiary alicyclic amines) is 1. The molecule has 1 unspecified atom stereocenters. The normalized spacial score (nSPS) is 23.1. The zero-order chi connectivity index (χ0) is 20.4. The van der Waals surface area contributed by atoms with E-state index in [-0.39, 0.29) is 5.91 Å². The van der Waals surface area contributed by atoms with E-state index < -0.39 is 0 Å². The maximum absolute atomic E-state index is 12.7. The number of hydrogen-bond donors (Lipinski definition) is 0. The van der Waals surface area contributed by atoms with Gasteiger partial charge in [-0.3, -0.25) is 14.6 Å². The number of piperazine rings is 1. The molecule has 1 aliphatic carbocycles. The van der Waals surface area contributed by atoms with Crippen LogP contribution in [0.15, 0.2) is 12.1 Å². The molecule has 0 aromatic carbocycles. The summed E-state index contributed by atoms with van der Waals surface area (Å²) in [5.74, 6) is 1.44. The Morgan fingerprint density at radius 1 is 1.00 bits per heavy atom. The average Bonchev–Trinajstić information content (AvgIpc) is 3.39. The maximum atomic E-state index is 12.7. The quantitative estimate of drug-likeness (QED) is 0.782. The maximum Gasteiger partial charge on any atom is 0.222 e. The molecule has 6 heteroatoms. The summed E-state index contributed by atoms with van der Waals surface area (Å²) in [6.07, 6.45) is 6.77.